The van der Waals surface area contributed by atoms with Gasteiger partial charge in [0.15, 0.2) is 0 Å². The Labute approximate surface area is 83.5 Å². The highest BCUT2D eigenvalue weighted by atomic mass is 35.7. The van der Waals surface area contributed by atoms with E-state index in [4.69, 9.17) is 10.7 Å². The van der Waals surface area contributed by atoms with Gasteiger partial charge in [0.05, 0.1) is 10.3 Å². The molecule has 5 heteroatoms. The maximum Gasteiger partial charge on any atom is 0.238 e. The third-order valence-corrected chi connectivity index (χ3v) is 5.36. The van der Waals surface area contributed by atoms with Crippen molar-refractivity contribution in [3.8, 4) is 0 Å². The van der Waals surface area contributed by atoms with Crippen molar-refractivity contribution < 1.29 is 13.5 Å². The van der Waals surface area contributed by atoms with Crippen molar-refractivity contribution in [2.24, 2.45) is 0 Å². The van der Waals surface area contributed by atoms with Gasteiger partial charge >= 0.3 is 0 Å². The smallest absolute Gasteiger partial charge is 0.238 e. The van der Waals surface area contributed by atoms with E-state index in [1.807, 2.05) is 6.92 Å². The third-order valence-electron chi connectivity index (χ3n) is 2.79. The van der Waals surface area contributed by atoms with E-state index in [0.29, 0.717) is 19.3 Å². The van der Waals surface area contributed by atoms with Crippen LogP contribution >= 0.6 is 10.7 Å². The molecule has 3 nitrogen and oxygen atoms in total. The molecule has 0 heterocycles. The second-order valence-corrected chi connectivity index (χ2v) is 7.11. The topological polar surface area (TPSA) is 54.4 Å². The fourth-order valence-electron chi connectivity index (χ4n) is 1.47. The standard InChI is InChI=1S/C8H15ClO3S/c1-3-7(2,10)6-8(4-5-8)13(9,11)12/h10H,3-6H2,1-2H3. The molecule has 13 heavy (non-hydrogen) atoms. The summed E-state index contributed by atoms with van der Waals surface area (Å²) in [6.07, 6.45) is 1.95. The van der Waals surface area contributed by atoms with Crippen LogP contribution < -0.4 is 0 Å². The summed E-state index contributed by atoms with van der Waals surface area (Å²) < 4.78 is 21.5. The Bertz CT molecular complexity index is 291. The second-order valence-electron chi connectivity index (χ2n) is 4.15. The minimum Gasteiger partial charge on any atom is -0.390 e. The summed E-state index contributed by atoms with van der Waals surface area (Å²) in [5.41, 5.74) is -0.918. The Morgan fingerprint density at radius 3 is 2.23 bits per heavy atom. The molecule has 0 saturated heterocycles. The van der Waals surface area contributed by atoms with Crippen molar-refractivity contribution in [3.63, 3.8) is 0 Å². The molecule has 0 aromatic rings. The zero-order valence-corrected chi connectivity index (χ0v) is 9.45. The lowest BCUT2D eigenvalue weighted by Crippen LogP contribution is -2.33. The normalized spacial score (nSPS) is 25.2. The molecule has 0 bridgehead atoms. The molecule has 1 unspecified atom stereocenters. The predicted octanol–water partition coefficient (Wildman–Crippen LogP) is 1.64. The van der Waals surface area contributed by atoms with Gasteiger partial charge in [0.1, 0.15) is 0 Å². The van der Waals surface area contributed by atoms with Gasteiger partial charge in [-0.3, -0.25) is 0 Å². The zero-order valence-electron chi connectivity index (χ0n) is 7.88. The Balaban J connectivity index is 2.76. The SMILES string of the molecule is CCC(C)(O)CC1(S(=O)(=O)Cl)CC1. The Morgan fingerprint density at radius 2 is 2.00 bits per heavy atom. The summed E-state index contributed by atoms with van der Waals surface area (Å²) in [4.78, 5) is 0. The maximum absolute atomic E-state index is 11.2. The molecule has 78 valence electrons. The second kappa shape index (κ2) is 3.11. The molecule has 1 rings (SSSR count). The third kappa shape index (κ3) is 2.36. The van der Waals surface area contributed by atoms with Crippen molar-refractivity contribution in [1.82, 2.24) is 0 Å². The van der Waals surface area contributed by atoms with Crippen molar-refractivity contribution in [1.29, 1.82) is 0 Å². The lowest BCUT2D eigenvalue weighted by molar-refractivity contribution is 0.0440. The van der Waals surface area contributed by atoms with E-state index in [0.717, 1.165) is 0 Å². The van der Waals surface area contributed by atoms with Gasteiger partial charge < -0.3 is 5.11 Å². The fourth-order valence-corrected chi connectivity index (χ4v) is 3.16. The van der Waals surface area contributed by atoms with Crippen LogP contribution in [0.3, 0.4) is 0 Å². The molecule has 1 atom stereocenters. The van der Waals surface area contributed by atoms with Crippen LogP contribution in [0.1, 0.15) is 39.5 Å². The number of rotatable bonds is 4. The first-order valence-corrected chi connectivity index (χ1v) is 6.70. The fraction of sp³-hybridized carbons (Fsp3) is 1.00. The van der Waals surface area contributed by atoms with Crippen LogP contribution in [-0.2, 0) is 9.05 Å². The van der Waals surface area contributed by atoms with Crippen LogP contribution in [0.4, 0.5) is 0 Å². The summed E-state index contributed by atoms with van der Waals surface area (Å²) in [6.45, 7) is 3.48. The molecule has 0 radical (unpaired) electrons. The monoisotopic (exact) mass is 226 g/mol. The molecule has 0 aromatic heterocycles. The van der Waals surface area contributed by atoms with Gasteiger partial charge in [-0.1, -0.05) is 6.92 Å². The lowest BCUT2D eigenvalue weighted by atomic mass is 9.96. The van der Waals surface area contributed by atoms with E-state index in [1.165, 1.54) is 0 Å². The van der Waals surface area contributed by atoms with Crippen LogP contribution in [0.15, 0.2) is 0 Å². The van der Waals surface area contributed by atoms with Crippen LogP contribution in [0.25, 0.3) is 0 Å². The molecule has 0 aromatic carbocycles. The van der Waals surface area contributed by atoms with Gasteiger partial charge in [-0.25, -0.2) is 8.42 Å². The summed E-state index contributed by atoms with van der Waals surface area (Å²) in [6, 6.07) is 0. The minimum atomic E-state index is -3.52. The Kier molecular flexibility index (Phi) is 2.69. The lowest BCUT2D eigenvalue weighted by Gasteiger charge is -2.25. The molecule has 1 saturated carbocycles. The van der Waals surface area contributed by atoms with Crippen LogP contribution in [-0.4, -0.2) is 23.9 Å². The zero-order chi connectivity index (χ0) is 10.3. The number of hydrogen-bond donors (Lipinski definition) is 1. The maximum atomic E-state index is 11.2. The van der Waals surface area contributed by atoms with Gasteiger partial charge in [-0.15, -0.1) is 0 Å². The molecule has 0 spiro atoms. The Hall–Kier alpha value is 0.200. The molecular formula is C8H15ClO3S. The highest BCUT2D eigenvalue weighted by molar-refractivity contribution is 8.15. The number of hydrogen-bond acceptors (Lipinski definition) is 3. The average Bonchev–Trinajstić information content (AvgIpc) is 2.67. The van der Waals surface area contributed by atoms with Gasteiger partial charge in [-0.05, 0) is 32.6 Å². The summed E-state index contributed by atoms with van der Waals surface area (Å²) >= 11 is 0. The van der Waals surface area contributed by atoms with Gasteiger partial charge in [0.25, 0.3) is 0 Å². The molecule has 1 aliphatic carbocycles. The summed E-state index contributed by atoms with van der Waals surface area (Å²) in [5, 5.41) is 9.74. The minimum absolute atomic E-state index is 0.252. The number of halogens is 1. The molecule has 0 aliphatic heterocycles. The molecule has 1 fully saturated rings. The molecular weight excluding hydrogens is 212 g/mol. The molecule has 1 N–H and O–H groups in total. The predicted molar refractivity (Wildman–Crippen MR) is 52.3 cm³/mol. The van der Waals surface area contributed by atoms with E-state index in [2.05, 4.69) is 0 Å². The first kappa shape index (κ1) is 11.3. The first-order chi connectivity index (χ1) is 5.72. The quantitative estimate of drug-likeness (QED) is 0.742. The average molecular weight is 227 g/mol. The van der Waals surface area contributed by atoms with Gasteiger partial charge in [-0.2, -0.15) is 0 Å². The number of aliphatic hydroxyl groups is 1. The van der Waals surface area contributed by atoms with Crippen LogP contribution in [0, 0.1) is 0 Å². The van der Waals surface area contributed by atoms with Crippen LogP contribution in [0.5, 0.6) is 0 Å². The highest BCUT2D eigenvalue weighted by Crippen LogP contribution is 2.51. The van der Waals surface area contributed by atoms with Gasteiger partial charge in [0, 0.05) is 10.7 Å². The van der Waals surface area contributed by atoms with Crippen molar-refractivity contribution >= 4 is 19.7 Å². The summed E-state index contributed by atoms with van der Waals surface area (Å²) in [7, 11) is 1.79. The van der Waals surface area contributed by atoms with E-state index < -0.39 is 19.4 Å². The van der Waals surface area contributed by atoms with Gasteiger partial charge in [0.2, 0.25) is 9.05 Å². The first-order valence-electron chi connectivity index (χ1n) is 4.39. The molecule has 1 aliphatic rings. The van der Waals surface area contributed by atoms with E-state index in [-0.39, 0.29) is 6.42 Å². The van der Waals surface area contributed by atoms with E-state index in [1.54, 1.807) is 6.92 Å². The molecule has 0 amide bonds. The van der Waals surface area contributed by atoms with E-state index in [9.17, 15) is 13.5 Å². The van der Waals surface area contributed by atoms with Crippen molar-refractivity contribution in [3.05, 3.63) is 0 Å². The largest absolute Gasteiger partial charge is 0.390 e. The van der Waals surface area contributed by atoms with Crippen molar-refractivity contribution in [2.45, 2.75) is 49.9 Å². The summed E-state index contributed by atoms with van der Waals surface area (Å²) in [5.74, 6) is 0. The van der Waals surface area contributed by atoms with E-state index >= 15 is 0 Å². The van der Waals surface area contributed by atoms with Crippen molar-refractivity contribution in [2.75, 3.05) is 0 Å². The highest BCUT2D eigenvalue weighted by Gasteiger charge is 2.56. The van der Waals surface area contributed by atoms with Crippen LogP contribution in [0.2, 0.25) is 0 Å². The Morgan fingerprint density at radius 1 is 1.54 bits per heavy atom.